The Kier molecular flexibility index (Phi) is 5.37. The molecular weight excluding hydrogens is 384 g/mol. The number of hydrogen-bond acceptors (Lipinski definition) is 6. The monoisotopic (exact) mass is 410 g/mol. The standard InChI is InChI=1S/C23H26N2O5/c1-25-14-5-3-7-16(26)22(14)21(23-15(25)6-4-8-17(23)27)13-9-10-18(19(11-13)29-2)30-12-20(24)28/h9-11,21H,3-8,12H2,1-2H3,(H2,24,28). The maximum absolute atomic E-state index is 13.0. The number of carbonyl (C=O) groups excluding carboxylic acids is 3. The average molecular weight is 410 g/mol. The van der Waals surface area contributed by atoms with Crippen LogP contribution in [0.1, 0.15) is 50.0 Å². The molecule has 1 aromatic carbocycles. The number of carbonyl (C=O) groups is 3. The Labute approximate surface area is 175 Å². The van der Waals surface area contributed by atoms with Crippen molar-refractivity contribution in [2.75, 3.05) is 20.8 Å². The molecule has 30 heavy (non-hydrogen) atoms. The molecule has 0 atom stereocenters. The minimum atomic E-state index is -0.582. The quantitative estimate of drug-likeness (QED) is 0.801. The maximum Gasteiger partial charge on any atom is 0.255 e. The van der Waals surface area contributed by atoms with Crippen LogP contribution in [0, 0.1) is 0 Å². The van der Waals surface area contributed by atoms with E-state index in [2.05, 4.69) is 4.90 Å². The Morgan fingerprint density at radius 3 is 2.17 bits per heavy atom. The molecule has 3 aliphatic rings. The van der Waals surface area contributed by atoms with Crippen LogP contribution in [0.2, 0.25) is 0 Å². The first-order valence-corrected chi connectivity index (χ1v) is 10.3. The van der Waals surface area contributed by atoms with Gasteiger partial charge in [-0.25, -0.2) is 0 Å². The summed E-state index contributed by atoms with van der Waals surface area (Å²) < 4.78 is 10.9. The highest BCUT2D eigenvalue weighted by atomic mass is 16.5. The Bertz CT molecular complexity index is 947. The molecule has 1 aromatic rings. The highest BCUT2D eigenvalue weighted by molar-refractivity contribution is 6.06. The fraction of sp³-hybridized carbons (Fsp3) is 0.435. The van der Waals surface area contributed by atoms with E-state index in [0.717, 1.165) is 53.8 Å². The van der Waals surface area contributed by atoms with Gasteiger partial charge in [-0.3, -0.25) is 14.4 Å². The molecule has 1 heterocycles. The smallest absolute Gasteiger partial charge is 0.255 e. The van der Waals surface area contributed by atoms with Crippen LogP contribution in [0.3, 0.4) is 0 Å². The zero-order valence-corrected chi connectivity index (χ0v) is 17.3. The molecule has 0 bridgehead atoms. The number of ether oxygens (including phenoxy) is 2. The molecule has 0 unspecified atom stereocenters. The lowest BCUT2D eigenvalue weighted by Gasteiger charge is -2.42. The molecule has 2 N–H and O–H groups in total. The number of ketones is 2. The lowest BCUT2D eigenvalue weighted by atomic mass is 9.71. The SMILES string of the molecule is COc1cc(C2C3=C(CCCC3=O)N(C)C3=C2C(=O)CCC3)ccc1OCC(N)=O. The van der Waals surface area contributed by atoms with E-state index in [1.807, 2.05) is 13.1 Å². The van der Waals surface area contributed by atoms with Crippen molar-refractivity contribution in [2.24, 2.45) is 5.73 Å². The highest BCUT2D eigenvalue weighted by Crippen LogP contribution is 2.49. The van der Waals surface area contributed by atoms with Gasteiger partial charge in [-0.1, -0.05) is 6.07 Å². The van der Waals surface area contributed by atoms with Gasteiger partial charge in [0.25, 0.3) is 5.91 Å². The topological polar surface area (TPSA) is 98.9 Å². The van der Waals surface area contributed by atoms with Crippen LogP contribution >= 0.6 is 0 Å². The maximum atomic E-state index is 13.0. The van der Waals surface area contributed by atoms with Crippen molar-refractivity contribution in [1.29, 1.82) is 0 Å². The first kappa shape index (κ1) is 20.2. The zero-order chi connectivity index (χ0) is 21.4. The number of nitrogens with zero attached hydrogens (tertiary/aromatic N) is 1. The first-order chi connectivity index (χ1) is 14.4. The second-order valence-corrected chi connectivity index (χ2v) is 7.93. The molecule has 1 amide bonds. The van der Waals surface area contributed by atoms with Crippen LogP contribution in [-0.4, -0.2) is 43.1 Å². The molecule has 0 fully saturated rings. The molecule has 0 saturated heterocycles. The fourth-order valence-electron chi connectivity index (χ4n) is 4.82. The summed E-state index contributed by atoms with van der Waals surface area (Å²) in [6.45, 7) is -0.258. The minimum absolute atomic E-state index is 0.103. The van der Waals surface area contributed by atoms with Crippen LogP contribution in [0.5, 0.6) is 11.5 Å². The van der Waals surface area contributed by atoms with E-state index in [0.29, 0.717) is 24.3 Å². The fourth-order valence-corrected chi connectivity index (χ4v) is 4.82. The number of primary amides is 1. The molecule has 1 aliphatic heterocycles. The third-order valence-corrected chi connectivity index (χ3v) is 6.14. The lowest BCUT2D eigenvalue weighted by molar-refractivity contribution is -0.120. The van der Waals surface area contributed by atoms with Crippen molar-refractivity contribution in [3.05, 3.63) is 46.3 Å². The summed E-state index contributed by atoms with van der Waals surface area (Å²) in [5.74, 6) is 0.0504. The van der Waals surface area contributed by atoms with Gasteiger partial charge in [0, 0.05) is 48.3 Å². The van der Waals surface area contributed by atoms with E-state index >= 15 is 0 Å². The van der Waals surface area contributed by atoms with Gasteiger partial charge in [0.2, 0.25) is 0 Å². The van der Waals surface area contributed by atoms with Crippen molar-refractivity contribution in [3.8, 4) is 11.5 Å². The van der Waals surface area contributed by atoms with Crippen LogP contribution in [0.25, 0.3) is 0 Å². The van der Waals surface area contributed by atoms with Gasteiger partial charge in [0.1, 0.15) is 0 Å². The molecule has 7 heteroatoms. The number of amides is 1. The third-order valence-electron chi connectivity index (χ3n) is 6.14. The Balaban J connectivity index is 1.84. The summed E-state index contributed by atoms with van der Waals surface area (Å²) in [5.41, 5.74) is 9.49. The summed E-state index contributed by atoms with van der Waals surface area (Å²) in [5, 5.41) is 0. The highest BCUT2D eigenvalue weighted by Gasteiger charge is 2.42. The zero-order valence-electron chi connectivity index (χ0n) is 17.3. The molecule has 0 radical (unpaired) electrons. The molecule has 4 rings (SSSR count). The van der Waals surface area contributed by atoms with Gasteiger partial charge in [-0.05, 0) is 43.4 Å². The molecule has 0 saturated carbocycles. The summed E-state index contributed by atoms with van der Waals surface area (Å²) >= 11 is 0. The van der Waals surface area contributed by atoms with Gasteiger partial charge in [-0.2, -0.15) is 0 Å². The van der Waals surface area contributed by atoms with Gasteiger partial charge in [0.15, 0.2) is 29.7 Å². The molecule has 2 aliphatic carbocycles. The summed E-state index contributed by atoms with van der Waals surface area (Å²) in [7, 11) is 3.48. The normalized spacial score (nSPS) is 19.6. The van der Waals surface area contributed by atoms with E-state index in [4.69, 9.17) is 15.2 Å². The van der Waals surface area contributed by atoms with E-state index in [1.165, 1.54) is 7.11 Å². The van der Waals surface area contributed by atoms with Crippen molar-refractivity contribution < 1.29 is 23.9 Å². The Morgan fingerprint density at radius 2 is 1.63 bits per heavy atom. The summed E-state index contributed by atoms with van der Waals surface area (Å²) in [6.07, 6.45) is 4.31. The van der Waals surface area contributed by atoms with Crippen molar-refractivity contribution in [1.82, 2.24) is 4.90 Å². The van der Waals surface area contributed by atoms with Gasteiger partial charge in [0.05, 0.1) is 7.11 Å². The number of methoxy groups -OCH3 is 1. The largest absolute Gasteiger partial charge is 0.493 e. The van der Waals surface area contributed by atoms with Crippen LogP contribution in [0.4, 0.5) is 0 Å². The number of allylic oxidation sites excluding steroid dienone is 4. The van der Waals surface area contributed by atoms with Crippen LogP contribution in [0.15, 0.2) is 40.7 Å². The van der Waals surface area contributed by atoms with Crippen molar-refractivity contribution in [3.63, 3.8) is 0 Å². The average Bonchev–Trinajstić information content (AvgIpc) is 2.73. The Hall–Kier alpha value is -3.09. The molecular formula is C23H26N2O5. The second kappa shape index (κ2) is 7.97. The van der Waals surface area contributed by atoms with E-state index in [-0.39, 0.29) is 18.2 Å². The molecule has 0 aromatic heterocycles. The molecule has 158 valence electrons. The molecule has 0 spiro atoms. The predicted octanol–water partition coefficient (Wildman–Crippen LogP) is 2.60. The van der Waals surface area contributed by atoms with Crippen LogP contribution in [-0.2, 0) is 14.4 Å². The first-order valence-electron chi connectivity index (χ1n) is 10.3. The Morgan fingerprint density at radius 1 is 1.03 bits per heavy atom. The number of hydrogen-bond donors (Lipinski definition) is 1. The molecule has 7 nitrogen and oxygen atoms in total. The van der Waals surface area contributed by atoms with Gasteiger partial charge in [-0.15, -0.1) is 0 Å². The minimum Gasteiger partial charge on any atom is -0.493 e. The van der Waals surface area contributed by atoms with Crippen molar-refractivity contribution >= 4 is 17.5 Å². The summed E-state index contributed by atoms with van der Waals surface area (Å²) in [6, 6.07) is 5.34. The summed E-state index contributed by atoms with van der Waals surface area (Å²) in [4.78, 5) is 39.2. The number of benzene rings is 1. The van der Waals surface area contributed by atoms with Gasteiger partial charge >= 0.3 is 0 Å². The second-order valence-electron chi connectivity index (χ2n) is 7.93. The predicted molar refractivity (Wildman–Crippen MR) is 110 cm³/mol. The lowest BCUT2D eigenvalue weighted by Crippen LogP contribution is -2.37. The van der Waals surface area contributed by atoms with Crippen molar-refractivity contribution in [2.45, 2.75) is 44.4 Å². The van der Waals surface area contributed by atoms with E-state index in [9.17, 15) is 14.4 Å². The number of nitrogens with two attached hydrogens (primary N) is 1. The van der Waals surface area contributed by atoms with Gasteiger partial charge < -0.3 is 20.1 Å². The van der Waals surface area contributed by atoms with E-state index in [1.54, 1.807) is 12.1 Å². The number of Topliss-reactive ketones (excluding diaryl/α,β-unsaturated/α-hetero) is 2. The number of rotatable bonds is 5. The van der Waals surface area contributed by atoms with Crippen LogP contribution < -0.4 is 15.2 Å². The third kappa shape index (κ3) is 3.38. The van der Waals surface area contributed by atoms with E-state index < -0.39 is 11.8 Å².